The van der Waals surface area contributed by atoms with Gasteiger partial charge in [-0.25, -0.2) is 0 Å². The zero-order valence-corrected chi connectivity index (χ0v) is 18.0. The van der Waals surface area contributed by atoms with Crippen molar-refractivity contribution in [2.75, 3.05) is 32.8 Å². The molecule has 1 atom stereocenters. The van der Waals surface area contributed by atoms with Crippen LogP contribution < -0.4 is 10.1 Å². The number of amides is 1. The summed E-state index contributed by atoms with van der Waals surface area (Å²) < 4.78 is 7.77. The molecule has 1 amide bonds. The highest BCUT2D eigenvalue weighted by Gasteiger charge is 2.21. The van der Waals surface area contributed by atoms with E-state index in [9.17, 15) is 9.90 Å². The number of carbonyl (C=O) groups is 1. The molecule has 6 heteroatoms. The predicted molar refractivity (Wildman–Crippen MR) is 121 cm³/mol. The van der Waals surface area contributed by atoms with Crippen molar-refractivity contribution in [1.29, 1.82) is 0 Å². The molecule has 0 bridgehead atoms. The molecule has 1 heterocycles. The zero-order chi connectivity index (χ0) is 21.5. The van der Waals surface area contributed by atoms with E-state index in [-0.39, 0.29) is 12.5 Å². The standard InChI is InChI=1S/C24H31N3O3/c1-4-26(5-2)17-19(28)16-25-24(29)23-21(12-9-13-22(23)30-6-3)27-15-14-18-10-7-8-11-20(18)27/h7-15,19,28H,4-6,16-17H2,1-3H3,(H,25,29). The number of rotatable bonds is 10. The van der Waals surface area contributed by atoms with Gasteiger partial charge in [0.15, 0.2) is 0 Å². The molecular formula is C24H31N3O3. The van der Waals surface area contributed by atoms with Crippen molar-refractivity contribution in [3.8, 4) is 11.4 Å². The molecule has 1 aromatic heterocycles. The fourth-order valence-corrected chi connectivity index (χ4v) is 3.66. The van der Waals surface area contributed by atoms with Gasteiger partial charge in [0.05, 0.1) is 23.9 Å². The van der Waals surface area contributed by atoms with Gasteiger partial charge >= 0.3 is 0 Å². The van der Waals surface area contributed by atoms with Gasteiger partial charge in [0.2, 0.25) is 0 Å². The van der Waals surface area contributed by atoms with Crippen molar-refractivity contribution in [2.24, 2.45) is 0 Å². The van der Waals surface area contributed by atoms with Crippen molar-refractivity contribution in [3.63, 3.8) is 0 Å². The van der Waals surface area contributed by atoms with Gasteiger partial charge < -0.3 is 24.6 Å². The maximum Gasteiger partial charge on any atom is 0.257 e. The van der Waals surface area contributed by atoms with Gasteiger partial charge in [0.25, 0.3) is 5.91 Å². The fourth-order valence-electron chi connectivity index (χ4n) is 3.66. The zero-order valence-electron chi connectivity index (χ0n) is 18.0. The largest absolute Gasteiger partial charge is 0.493 e. The lowest BCUT2D eigenvalue weighted by Crippen LogP contribution is -2.40. The maximum atomic E-state index is 13.2. The van der Waals surface area contributed by atoms with Gasteiger partial charge in [-0.1, -0.05) is 38.1 Å². The van der Waals surface area contributed by atoms with Crippen LogP contribution in [0.5, 0.6) is 5.75 Å². The number of carbonyl (C=O) groups excluding carboxylic acids is 1. The van der Waals surface area contributed by atoms with Crippen LogP contribution in [0.25, 0.3) is 16.6 Å². The molecular weight excluding hydrogens is 378 g/mol. The Morgan fingerprint density at radius 2 is 1.87 bits per heavy atom. The Bertz CT molecular complexity index is 979. The minimum atomic E-state index is -0.635. The van der Waals surface area contributed by atoms with Crippen LogP contribution >= 0.6 is 0 Å². The summed E-state index contributed by atoms with van der Waals surface area (Å²) in [6.45, 7) is 8.89. The van der Waals surface area contributed by atoms with Crippen LogP contribution in [-0.4, -0.2) is 59.4 Å². The van der Waals surface area contributed by atoms with E-state index in [4.69, 9.17) is 4.74 Å². The summed E-state index contributed by atoms with van der Waals surface area (Å²) in [7, 11) is 0. The molecule has 0 saturated carbocycles. The molecule has 160 valence electrons. The Morgan fingerprint density at radius 1 is 1.10 bits per heavy atom. The first-order valence-corrected chi connectivity index (χ1v) is 10.6. The Labute approximate surface area is 178 Å². The first-order chi connectivity index (χ1) is 14.6. The number of nitrogens with one attached hydrogen (secondary N) is 1. The van der Waals surface area contributed by atoms with Gasteiger partial charge in [-0.15, -0.1) is 0 Å². The van der Waals surface area contributed by atoms with E-state index in [0.717, 1.165) is 29.7 Å². The normalized spacial score (nSPS) is 12.3. The number of hydrogen-bond donors (Lipinski definition) is 2. The number of hydrogen-bond acceptors (Lipinski definition) is 4. The number of fused-ring (bicyclic) bond motifs is 1. The third-order valence-corrected chi connectivity index (χ3v) is 5.25. The minimum Gasteiger partial charge on any atom is -0.493 e. The molecule has 2 N–H and O–H groups in total. The lowest BCUT2D eigenvalue weighted by molar-refractivity contribution is 0.0866. The number of aliphatic hydroxyl groups is 1. The van der Waals surface area contributed by atoms with Crippen LogP contribution in [0.1, 0.15) is 31.1 Å². The van der Waals surface area contributed by atoms with Crippen LogP contribution in [0, 0.1) is 0 Å². The topological polar surface area (TPSA) is 66.7 Å². The first-order valence-electron chi connectivity index (χ1n) is 10.6. The van der Waals surface area contributed by atoms with E-state index >= 15 is 0 Å². The predicted octanol–water partition coefficient (Wildman–Crippen LogP) is 3.46. The smallest absolute Gasteiger partial charge is 0.257 e. The number of para-hydroxylation sites is 1. The van der Waals surface area contributed by atoms with Crippen LogP contribution in [0.15, 0.2) is 54.7 Å². The van der Waals surface area contributed by atoms with Gasteiger partial charge in [0.1, 0.15) is 11.3 Å². The average Bonchev–Trinajstić information content (AvgIpc) is 3.20. The SMILES string of the molecule is CCOc1cccc(-n2ccc3ccccc32)c1C(=O)NCC(O)CN(CC)CC. The molecule has 6 nitrogen and oxygen atoms in total. The molecule has 0 fully saturated rings. The lowest BCUT2D eigenvalue weighted by Gasteiger charge is -2.22. The fraction of sp³-hybridized carbons (Fsp3) is 0.375. The highest BCUT2D eigenvalue weighted by molar-refractivity contribution is 6.01. The van der Waals surface area contributed by atoms with Gasteiger partial charge in [-0.05, 0) is 49.7 Å². The molecule has 3 rings (SSSR count). The number of likely N-dealkylation sites (N-methyl/N-ethyl adjacent to an activating group) is 1. The molecule has 0 aliphatic heterocycles. The summed E-state index contributed by atoms with van der Waals surface area (Å²) in [5.74, 6) is 0.272. The number of nitrogens with zero attached hydrogens (tertiary/aromatic N) is 2. The van der Waals surface area contributed by atoms with E-state index in [2.05, 4.69) is 24.1 Å². The number of aliphatic hydroxyl groups excluding tert-OH is 1. The maximum absolute atomic E-state index is 13.2. The molecule has 0 spiro atoms. The van der Waals surface area contributed by atoms with Gasteiger partial charge in [-0.2, -0.15) is 0 Å². The average molecular weight is 410 g/mol. The first kappa shape index (κ1) is 21.9. The quantitative estimate of drug-likeness (QED) is 0.538. The Hall–Kier alpha value is -2.83. The molecule has 1 unspecified atom stereocenters. The summed E-state index contributed by atoms with van der Waals surface area (Å²) in [5, 5.41) is 14.3. The van der Waals surface area contributed by atoms with Crippen molar-refractivity contribution < 1.29 is 14.6 Å². The molecule has 2 aromatic carbocycles. The second-order valence-corrected chi connectivity index (χ2v) is 7.18. The molecule has 0 aliphatic rings. The molecule has 30 heavy (non-hydrogen) atoms. The highest BCUT2D eigenvalue weighted by Crippen LogP contribution is 2.29. The molecule has 3 aromatic rings. The van der Waals surface area contributed by atoms with Gasteiger partial charge in [-0.3, -0.25) is 4.79 Å². The molecule has 0 aliphatic carbocycles. The number of benzene rings is 2. The van der Waals surface area contributed by atoms with E-state index in [1.807, 2.05) is 60.2 Å². The van der Waals surface area contributed by atoms with Crippen LogP contribution in [0.4, 0.5) is 0 Å². The summed E-state index contributed by atoms with van der Waals surface area (Å²) in [4.78, 5) is 15.3. The number of ether oxygens (including phenoxy) is 1. The Kier molecular flexibility index (Phi) is 7.49. The second kappa shape index (κ2) is 10.3. The monoisotopic (exact) mass is 409 g/mol. The second-order valence-electron chi connectivity index (χ2n) is 7.18. The van der Waals surface area contributed by atoms with Crippen LogP contribution in [-0.2, 0) is 0 Å². The summed E-state index contributed by atoms with van der Waals surface area (Å²) >= 11 is 0. The number of aromatic nitrogens is 1. The molecule has 0 saturated heterocycles. The van der Waals surface area contributed by atoms with Crippen molar-refractivity contribution in [3.05, 3.63) is 60.3 Å². The molecule has 0 radical (unpaired) electrons. The van der Waals surface area contributed by atoms with Crippen molar-refractivity contribution in [2.45, 2.75) is 26.9 Å². The van der Waals surface area contributed by atoms with Crippen LogP contribution in [0.2, 0.25) is 0 Å². The van der Waals surface area contributed by atoms with E-state index in [1.54, 1.807) is 6.07 Å². The summed E-state index contributed by atoms with van der Waals surface area (Å²) in [5.41, 5.74) is 2.23. The highest BCUT2D eigenvalue weighted by atomic mass is 16.5. The van der Waals surface area contributed by atoms with Crippen molar-refractivity contribution in [1.82, 2.24) is 14.8 Å². The third kappa shape index (κ3) is 4.83. The lowest BCUT2D eigenvalue weighted by atomic mass is 10.1. The third-order valence-electron chi connectivity index (χ3n) is 5.25. The Balaban J connectivity index is 1.90. The summed E-state index contributed by atoms with van der Waals surface area (Å²) in [6, 6.07) is 15.7. The Morgan fingerprint density at radius 3 is 2.60 bits per heavy atom. The minimum absolute atomic E-state index is 0.182. The van der Waals surface area contributed by atoms with Crippen molar-refractivity contribution >= 4 is 16.8 Å². The van der Waals surface area contributed by atoms with E-state index in [0.29, 0.717) is 24.5 Å². The van der Waals surface area contributed by atoms with Gasteiger partial charge in [0, 0.05) is 19.3 Å². The van der Waals surface area contributed by atoms with E-state index in [1.165, 1.54) is 0 Å². The van der Waals surface area contributed by atoms with E-state index < -0.39 is 6.10 Å². The van der Waals surface area contributed by atoms with Crippen LogP contribution in [0.3, 0.4) is 0 Å². The summed E-state index contributed by atoms with van der Waals surface area (Å²) in [6.07, 6.45) is 1.32.